The number of rotatable bonds is 4. The van der Waals surface area contributed by atoms with Crippen molar-refractivity contribution in [2.75, 3.05) is 7.11 Å². The van der Waals surface area contributed by atoms with E-state index in [0.717, 1.165) is 0 Å². The van der Waals surface area contributed by atoms with Crippen LogP contribution in [0.15, 0.2) is 22.9 Å². The number of hydrogen-bond acceptors (Lipinski definition) is 4. The Bertz CT molecular complexity index is 567. The van der Waals surface area contributed by atoms with Crippen LogP contribution in [-0.4, -0.2) is 22.7 Å². The Labute approximate surface area is 105 Å². The number of hydrogen-bond donors (Lipinski definition) is 0. The van der Waals surface area contributed by atoms with Crippen LogP contribution >= 0.6 is 0 Å². The number of carbonyl (C=O) groups is 1. The van der Waals surface area contributed by atoms with Gasteiger partial charge in [-0.25, -0.2) is 0 Å². The van der Waals surface area contributed by atoms with Crippen LogP contribution in [0.25, 0.3) is 0 Å². The third kappa shape index (κ3) is 2.03. The molecule has 2 aromatic rings. The zero-order valence-corrected chi connectivity index (χ0v) is 10.9. The van der Waals surface area contributed by atoms with Gasteiger partial charge in [0.2, 0.25) is 5.78 Å². The van der Waals surface area contributed by atoms with Gasteiger partial charge in [0.1, 0.15) is 12.0 Å². The summed E-state index contributed by atoms with van der Waals surface area (Å²) < 4.78 is 12.0. The molecule has 2 rings (SSSR count). The molecule has 0 fully saturated rings. The Morgan fingerprint density at radius 2 is 2.22 bits per heavy atom. The first-order chi connectivity index (χ1) is 8.54. The molecule has 2 aromatic heterocycles. The monoisotopic (exact) mass is 248 g/mol. The molecule has 0 aliphatic heterocycles. The molecular formula is C13H16N2O3. The largest absolute Gasteiger partial charge is 0.493 e. The van der Waals surface area contributed by atoms with Gasteiger partial charge in [0.05, 0.1) is 18.9 Å². The predicted molar refractivity (Wildman–Crippen MR) is 66.0 cm³/mol. The van der Waals surface area contributed by atoms with E-state index in [-0.39, 0.29) is 11.8 Å². The van der Waals surface area contributed by atoms with Crippen LogP contribution in [0, 0.1) is 6.92 Å². The lowest BCUT2D eigenvalue weighted by Gasteiger charge is -2.10. The van der Waals surface area contributed by atoms with E-state index in [0.29, 0.717) is 22.8 Å². The first kappa shape index (κ1) is 12.4. The maximum atomic E-state index is 12.4. The van der Waals surface area contributed by atoms with Gasteiger partial charge in [0, 0.05) is 6.04 Å². The van der Waals surface area contributed by atoms with Gasteiger partial charge in [-0.1, -0.05) is 0 Å². The van der Waals surface area contributed by atoms with E-state index >= 15 is 0 Å². The highest BCUT2D eigenvalue weighted by Gasteiger charge is 2.23. The second-order valence-electron chi connectivity index (χ2n) is 4.38. The number of ether oxygens (including phenoxy) is 1. The molecule has 2 heterocycles. The third-order valence-electron chi connectivity index (χ3n) is 2.68. The minimum absolute atomic E-state index is 0.0841. The Morgan fingerprint density at radius 3 is 2.72 bits per heavy atom. The molecule has 0 spiro atoms. The van der Waals surface area contributed by atoms with E-state index in [1.54, 1.807) is 23.9 Å². The van der Waals surface area contributed by atoms with Crippen LogP contribution in [0.4, 0.5) is 0 Å². The van der Waals surface area contributed by atoms with E-state index in [9.17, 15) is 4.79 Å². The Hall–Kier alpha value is -2.04. The van der Waals surface area contributed by atoms with Crippen LogP contribution in [0.1, 0.15) is 41.7 Å². The standard InChI is InChI=1S/C13H16N2O3/c1-8(2)15-12(11(17-4)6-14-15)13(16)10-5-9(3)18-7-10/h5-8H,1-4H3. The molecule has 0 saturated carbocycles. The summed E-state index contributed by atoms with van der Waals surface area (Å²) in [5.74, 6) is 1.04. The van der Waals surface area contributed by atoms with Crippen LogP contribution in [0.5, 0.6) is 5.75 Å². The molecule has 0 bridgehead atoms. The maximum Gasteiger partial charge on any atom is 0.218 e. The fourth-order valence-corrected chi connectivity index (χ4v) is 1.80. The van der Waals surface area contributed by atoms with Gasteiger partial charge in [0.15, 0.2) is 11.4 Å². The van der Waals surface area contributed by atoms with Gasteiger partial charge in [-0.05, 0) is 26.8 Å². The minimum atomic E-state index is -0.144. The Morgan fingerprint density at radius 1 is 1.50 bits per heavy atom. The lowest BCUT2D eigenvalue weighted by atomic mass is 10.1. The number of carbonyl (C=O) groups excluding carboxylic acids is 1. The predicted octanol–water partition coefficient (Wildman–Crippen LogP) is 2.61. The summed E-state index contributed by atoms with van der Waals surface area (Å²) in [7, 11) is 1.53. The van der Waals surface area contributed by atoms with Gasteiger partial charge in [-0.2, -0.15) is 5.10 Å². The molecule has 0 unspecified atom stereocenters. The minimum Gasteiger partial charge on any atom is -0.493 e. The molecule has 5 nitrogen and oxygen atoms in total. The van der Waals surface area contributed by atoms with Crippen LogP contribution < -0.4 is 4.74 Å². The number of nitrogens with zero attached hydrogens (tertiary/aromatic N) is 2. The average Bonchev–Trinajstić information content (AvgIpc) is 2.93. The van der Waals surface area contributed by atoms with Crippen molar-refractivity contribution in [2.24, 2.45) is 0 Å². The molecule has 0 aliphatic rings. The van der Waals surface area contributed by atoms with Crippen LogP contribution in [0.3, 0.4) is 0 Å². The number of ketones is 1. The van der Waals surface area contributed by atoms with Crippen LogP contribution in [0.2, 0.25) is 0 Å². The molecule has 0 amide bonds. The van der Waals surface area contributed by atoms with Crippen molar-refractivity contribution in [3.8, 4) is 5.75 Å². The smallest absolute Gasteiger partial charge is 0.218 e. The summed E-state index contributed by atoms with van der Waals surface area (Å²) in [6.45, 7) is 5.72. The van der Waals surface area contributed by atoms with Crippen molar-refractivity contribution in [1.29, 1.82) is 0 Å². The van der Waals surface area contributed by atoms with Gasteiger partial charge in [-0.3, -0.25) is 9.48 Å². The molecule has 0 N–H and O–H groups in total. The van der Waals surface area contributed by atoms with Crippen molar-refractivity contribution in [3.05, 3.63) is 35.5 Å². The van der Waals surface area contributed by atoms with Crippen molar-refractivity contribution in [1.82, 2.24) is 9.78 Å². The Balaban J connectivity index is 2.49. The van der Waals surface area contributed by atoms with Gasteiger partial charge in [0.25, 0.3) is 0 Å². The summed E-state index contributed by atoms with van der Waals surface area (Å²) in [4.78, 5) is 12.4. The highest BCUT2D eigenvalue weighted by atomic mass is 16.5. The van der Waals surface area contributed by atoms with E-state index in [4.69, 9.17) is 9.15 Å². The molecule has 0 radical (unpaired) electrons. The SMILES string of the molecule is COc1cnn(C(C)C)c1C(=O)c1coc(C)c1. The van der Waals surface area contributed by atoms with Crippen molar-refractivity contribution >= 4 is 5.78 Å². The lowest BCUT2D eigenvalue weighted by Crippen LogP contribution is -2.13. The summed E-state index contributed by atoms with van der Waals surface area (Å²) in [5, 5.41) is 4.18. The van der Waals surface area contributed by atoms with Crippen molar-refractivity contribution in [3.63, 3.8) is 0 Å². The molecule has 5 heteroatoms. The average molecular weight is 248 g/mol. The first-order valence-electron chi connectivity index (χ1n) is 5.76. The quantitative estimate of drug-likeness (QED) is 0.780. The maximum absolute atomic E-state index is 12.4. The summed E-state index contributed by atoms with van der Waals surface area (Å²) >= 11 is 0. The molecule has 0 atom stereocenters. The fraction of sp³-hybridized carbons (Fsp3) is 0.385. The highest BCUT2D eigenvalue weighted by Crippen LogP contribution is 2.24. The van der Waals surface area contributed by atoms with Crippen LogP contribution in [-0.2, 0) is 0 Å². The number of furan rings is 1. The summed E-state index contributed by atoms with van der Waals surface area (Å²) in [5.41, 5.74) is 0.960. The lowest BCUT2D eigenvalue weighted by molar-refractivity contribution is 0.102. The van der Waals surface area contributed by atoms with Crippen molar-refractivity contribution in [2.45, 2.75) is 26.8 Å². The second kappa shape index (κ2) is 4.68. The molecule has 0 aromatic carbocycles. The van der Waals surface area contributed by atoms with E-state index in [2.05, 4.69) is 5.10 Å². The summed E-state index contributed by atoms with van der Waals surface area (Å²) in [6.07, 6.45) is 3.01. The Kier molecular flexibility index (Phi) is 3.23. The molecule has 0 aliphatic carbocycles. The summed E-state index contributed by atoms with van der Waals surface area (Å²) in [6, 6.07) is 1.79. The topological polar surface area (TPSA) is 57.3 Å². The van der Waals surface area contributed by atoms with Gasteiger partial charge >= 0.3 is 0 Å². The zero-order valence-electron chi connectivity index (χ0n) is 10.9. The molecule has 0 saturated heterocycles. The van der Waals surface area contributed by atoms with Gasteiger partial charge < -0.3 is 9.15 Å². The first-order valence-corrected chi connectivity index (χ1v) is 5.76. The number of aromatic nitrogens is 2. The van der Waals surface area contributed by atoms with E-state index in [1.165, 1.54) is 13.4 Å². The number of methoxy groups -OCH3 is 1. The van der Waals surface area contributed by atoms with Crippen molar-refractivity contribution < 1.29 is 13.9 Å². The second-order valence-corrected chi connectivity index (χ2v) is 4.38. The van der Waals surface area contributed by atoms with Gasteiger partial charge in [-0.15, -0.1) is 0 Å². The molecular weight excluding hydrogens is 232 g/mol. The fourth-order valence-electron chi connectivity index (χ4n) is 1.80. The van der Waals surface area contributed by atoms with E-state index in [1.807, 2.05) is 13.8 Å². The zero-order chi connectivity index (χ0) is 13.3. The molecule has 18 heavy (non-hydrogen) atoms. The highest BCUT2D eigenvalue weighted by molar-refractivity contribution is 6.09. The normalized spacial score (nSPS) is 10.9. The number of aryl methyl sites for hydroxylation is 1. The third-order valence-corrected chi connectivity index (χ3v) is 2.68. The molecule has 96 valence electrons. The van der Waals surface area contributed by atoms with E-state index < -0.39 is 0 Å².